The van der Waals surface area contributed by atoms with E-state index in [1.807, 2.05) is 0 Å². The molecule has 8 nitrogen and oxygen atoms in total. The molecule has 0 amide bonds. The van der Waals surface area contributed by atoms with E-state index in [4.69, 9.17) is 5.73 Å². The lowest BCUT2D eigenvalue weighted by Gasteiger charge is -2.19. The Bertz CT molecular complexity index is 1010. The summed E-state index contributed by atoms with van der Waals surface area (Å²) in [5, 5.41) is 18.6. The van der Waals surface area contributed by atoms with Gasteiger partial charge < -0.3 is 25.7 Å². The minimum atomic E-state index is -5.05. The maximum Gasteiger partial charge on any atom is 0.419 e. The molecular formula is C15H10F4N2O6. The Morgan fingerprint density at radius 2 is 1.67 bits per heavy atom. The van der Waals surface area contributed by atoms with E-state index >= 15 is 0 Å². The van der Waals surface area contributed by atoms with Crippen LogP contribution in [0.2, 0.25) is 0 Å². The zero-order valence-electron chi connectivity index (χ0n) is 13.3. The van der Waals surface area contributed by atoms with Crippen molar-refractivity contribution < 1.29 is 42.1 Å². The van der Waals surface area contributed by atoms with Crippen molar-refractivity contribution in [2.75, 3.05) is 12.8 Å². The van der Waals surface area contributed by atoms with Gasteiger partial charge in [0.2, 0.25) is 0 Å². The highest BCUT2D eigenvalue weighted by atomic mass is 19.4. The van der Waals surface area contributed by atoms with Crippen LogP contribution in [0.1, 0.15) is 26.3 Å². The van der Waals surface area contributed by atoms with Crippen molar-refractivity contribution in [3.05, 3.63) is 45.0 Å². The molecule has 0 radical (unpaired) electrons. The van der Waals surface area contributed by atoms with Crippen LogP contribution in [-0.2, 0) is 6.18 Å². The van der Waals surface area contributed by atoms with E-state index in [-0.39, 0.29) is 0 Å². The Hall–Kier alpha value is -3.57. The lowest BCUT2D eigenvalue weighted by atomic mass is 9.92. The number of hydrogen-bond donors (Lipinski definition) is 4. The Morgan fingerprint density at radius 3 is 2.11 bits per heavy atom. The minimum Gasteiger partial charge on any atom is -0.495 e. The largest absolute Gasteiger partial charge is 0.495 e. The Balaban J connectivity index is 3.18. The molecule has 27 heavy (non-hydrogen) atoms. The molecule has 0 spiro atoms. The van der Waals surface area contributed by atoms with Gasteiger partial charge in [-0.3, -0.25) is 4.79 Å². The fourth-order valence-corrected chi connectivity index (χ4v) is 2.52. The summed E-state index contributed by atoms with van der Waals surface area (Å²) in [6.45, 7) is 0. The van der Waals surface area contributed by atoms with Crippen LogP contribution in [0.5, 0.6) is 5.75 Å². The molecule has 0 aliphatic carbocycles. The second-order valence-electron chi connectivity index (χ2n) is 5.10. The zero-order chi connectivity index (χ0) is 20.7. The molecule has 0 aliphatic heterocycles. The number of alkyl halides is 3. The van der Waals surface area contributed by atoms with Crippen LogP contribution in [0.15, 0.2) is 16.9 Å². The van der Waals surface area contributed by atoms with Crippen molar-refractivity contribution in [2.24, 2.45) is 0 Å². The molecule has 5 N–H and O–H groups in total. The number of nitrogens with one attached hydrogen (secondary N) is 1. The number of benzene rings is 1. The fraction of sp³-hybridized carbons (Fsp3) is 0.133. The third kappa shape index (κ3) is 3.28. The first kappa shape index (κ1) is 19.8. The number of pyridine rings is 1. The number of methoxy groups -OCH3 is 1. The zero-order valence-corrected chi connectivity index (χ0v) is 13.3. The first-order valence-corrected chi connectivity index (χ1v) is 6.88. The third-order valence-electron chi connectivity index (χ3n) is 3.54. The highest BCUT2D eigenvalue weighted by Crippen LogP contribution is 2.45. The second-order valence-corrected chi connectivity index (χ2v) is 5.10. The van der Waals surface area contributed by atoms with Crippen LogP contribution in [0, 0.1) is 5.82 Å². The van der Waals surface area contributed by atoms with E-state index in [1.165, 1.54) is 0 Å². The molecule has 1 aromatic carbocycles. The van der Waals surface area contributed by atoms with Gasteiger partial charge >= 0.3 is 18.1 Å². The third-order valence-corrected chi connectivity index (χ3v) is 3.54. The number of anilines is 1. The van der Waals surface area contributed by atoms with Gasteiger partial charge in [0.15, 0.2) is 0 Å². The van der Waals surface area contributed by atoms with Crippen LogP contribution in [0.25, 0.3) is 11.1 Å². The number of carboxylic acids is 2. The Labute approximate surface area is 146 Å². The second kappa shape index (κ2) is 6.63. The predicted octanol–water partition coefficient (Wildman–Crippen LogP) is 2.19. The summed E-state index contributed by atoms with van der Waals surface area (Å²) in [6.07, 6.45) is -5.05. The summed E-state index contributed by atoms with van der Waals surface area (Å²) in [6, 6.07) is 0.671. The normalized spacial score (nSPS) is 11.3. The highest BCUT2D eigenvalue weighted by molar-refractivity contribution is 6.08. The van der Waals surface area contributed by atoms with E-state index in [9.17, 15) is 42.2 Å². The van der Waals surface area contributed by atoms with Crippen LogP contribution in [0.4, 0.5) is 23.4 Å². The molecule has 0 aliphatic rings. The fourth-order valence-electron chi connectivity index (χ4n) is 2.52. The molecule has 0 unspecified atom stereocenters. The van der Waals surface area contributed by atoms with Gasteiger partial charge in [-0.25, -0.2) is 14.0 Å². The smallest absolute Gasteiger partial charge is 0.419 e. The number of carbonyl (C=O) groups is 2. The van der Waals surface area contributed by atoms with E-state index in [2.05, 4.69) is 4.74 Å². The predicted molar refractivity (Wildman–Crippen MR) is 82.3 cm³/mol. The van der Waals surface area contributed by atoms with Gasteiger partial charge in [0.05, 0.1) is 18.2 Å². The first-order valence-electron chi connectivity index (χ1n) is 6.88. The number of aromatic carboxylic acids is 2. The standard InChI is InChI=1S/C15H10F4N2O6/c1-27-10-4(15(17,18)19)2-3-5(16)6(10)7-8(13(23)24)11(20)21-12(22)9(7)14(25)26/h2-3H,1H3,(H,23,24)(H,25,26)(H3,20,21,22). The van der Waals surface area contributed by atoms with Crippen molar-refractivity contribution in [3.8, 4) is 16.9 Å². The number of aromatic amines is 1. The van der Waals surface area contributed by atoms with Crippen LogP contribution in [0.3, 0.4) is 0 Å². The van der Waals surface area contributed by atoms with Crippen LogP contribution >= 0.6 is 0 Å². The van der Waals surface area contributed by atoms with Crippen LogP contribution < -0.4 is 16.0 Å². The molecular weight excluding hydrogens is 380 g/mol. The van der Waals surface area contributed by atoms with Crippen molar-refractivity contribution in [1.29, 1.82) is 0 Å². The van der Waals surface area contributed by atoms with Crippen molar-refractivity contribution >= 4 is 17.8 Å². The van der Waals surface area contributed by atoms with Gasteiger partial charge in [-0.1, -0.05) is 0 Å². The topological polar surface area (TPSA) is 143 Å². The number of halogens is 4. The monoisotopic (exact) mass is 390 g/mol. The molecule has 0 saturated carbocycles. The summed E-state index contributed by atoms with van der Waals surface area (Å²) in [7, 11) is 0.741. The Kier molecular flexibility index (Phi) is 4.85. The van der Waals surface area contributed by atoms with Gasteiger partial charge in [-0.05, 0) is 12.1 Å². The van der Waals surface area contributed by atoms with Gasteiger partial charge in [0.25, 0.3) is 5.56 Å². The number of carboxylic acid groups (broad SMARTS) is 2. The molecule has 0 saturated heterocycles. The summed E-state index contributed by atoms with van der Waals surface area (Å²) >= 11 is 0. The number of nitrogen functional groups attached to an aromatic ring is 1. The maximum atomic E-state index is 14.5. The summed E-state index contributed by atoms with van der Waals surface area (Å²) in [5.74, 6) is -7.42. The number of hydrogen-bond acceptors (Lipinski definition) is 5. The molecule has 2 rings (SSSR count). The summed E-state index contributed by atoms with van der Waals surface area (Å²) in [4.78, 5) is 36.7. The van der Waals surface area contributed by atoms with E-state index in [1.54, 1.807) is 4.98 Å². The number of H-pyrrole nitrogens is 1. The number of ether oxygens (including phenoxy) is 1. The molecule has 2 aromatic rings. The molecule has 1 heterocycles. The average molecular weight is 390 g/mol. The number of nitrogens with two attached hydrogens (primary N) is 1. The highest BCUT2D eigenvalue weighted by Gasteiger charge is 2.38. The summed E-state index contributed by atoms with van der Waals surface area (Å²) in [5.41, 5.74) is -2.27. The van der Waals surface area contributed by atoms with Gasteiger partial charge in [0, 0.05) is 5.56 Å². The average Bonchev–Trinajstić information content (AvgIpc) is 2.51. The van der Waals surface area contributed by atoms with Gasteiger partial charge in [-0.2, -0.15) is 13.2 Å². The quantitative estimate of drug-likeness (QED) is 0.586. The maximum absolute atomic E-state index is 14.5. The lowest BCUT2D eigenvalue weighted by Crippen LogP contribution is -2.25. The molecule has 12 heteroatoms. The van der Waals surface area contributed by atoms with Crippen molar-refractivity contribution in [2.45, 2.75) is 6.18 Å². The Morgan fingerprint density at radius 1 is 1.11 bits per heavy atom. The summed E-state index contributed by atoms with van der Waals surface area (Å²) < 4.78 is 58.7. The SMILES string of the molecule is COc1c(C(F)(F)F)ccc(F)c1-c1c(C(=O)O)c(N)[nH]c(=O)c1C(=O)O. The number of aromatic nitrogens is 1. The van der Waals surface area contributed by atoms with E-state index < -0.39 is 68.9 Å². The molecule has 144 valence electrons. The van der Waals surface area contributed by atoms with Gasteiger partial charge in [-0.15, -0.1) is 0 Å². The van der Waals surface area contributed by atoms with E-state index in [0.717, 1.165) is 7.11 Å². The molecule has 1 aromatic heterocycles. The molecule has 0 atom stereocenters. The first-order chi connectivity index (χ1) is 12.4. The van der Waals surface area contributed by atoms with E-state index in [0.29, 0.717) is 12.1 Å². The number of rotatable bonds is 4. The molecule has 0 fully saturated rings. The molecule has 0 bridgehead atoms. The van der Waals surface area contributed by atoms with Crippen molar-refractivity contribution in [3.63, 3.8) is 0 Å². The van der Waals surface area contributed by atoms with Gasteiger partial charge in [0.1, 0.15) is 28.5 Å². The lowest BCUT2D eigenvalue weighted by molar-refractivity contribution is -0.138. The van der Waals surface area contributed by atoms with Crippen LogP contribution in [-0.4, -0.2) is 34.2 Å². The minimum absolute atomic E-state index is 0.328. The van der Waals surface area contributed by atoms with Crippen molar-refractivity contribution in [1.82, 2.24) is 4.98 Å².